The second-order valence-electron chi connectivity index (χ2n) is 4.80. The van der Waals surface area contributed by atoms with Crippen LogP contribution < -0.4 is 5.32 Å². The maximum absolute atomic E-state index is 13.5. The Morgan fingerprint density at radius 2 is 2.24 bits per heavy atom. The van der Waals surface area contributed by atoms with Gasteiger partial charge in [-0.2, -0.15) is 0 Å². The minimum absolute atomic E-state index is 0.0540. The summed E-state index contributed by atoms with van der Waals surface area (Å²) in [6, 6.07) is 4.61. The first-order valence-electron chi connectivity index (χ1n) is 5.67. The number of hydrogen-bond donors (Lipinski definition) is 1. The van der Waals surface area contributed by atoms with E-state index in [-0.39, 0.29) is 16.9 Å². The van der Waals surface area contributed by atoms with Crippen LogP contribution in [0.1, 0.15) is 28.8 Å². The third-order valence-corrected chi connectivity index (χ3v) is 3.80. The summed E-state index contributed by atoms with van der Waals surface area (Å²) in [6.07, 6.45) is 2.07. The molecule has 0 spiro atoms. The first-order valence-corrected chi connectivity index (χ1v) is 6.20. The number of benzene rings is 1. The fourth-order valence-corrected chi connectivity index (χ4v) is 2.06. The van der Waals surface area contributed by atoms with Gasteiger partial charge >= 0.3 is 0 Å². The van der Waals surface area contributed by atoms with Gasteiger partial charge in [-0.1, -0.05) is 6.07 Å². The van der Waals surface area contributed by atoms with Crippen LogP contribution in [-0.2, 0) is 0 Å². The summed E-state index contributed by atoms with van der Waals surface area (Å²) in [5, 5.41) is 2.75. The molecule has 1 saturated carbocycles. The largest absolute Gasteiger partial charge is 0.351 e. The van der Waals surface area contributed by atoms with Crippen LogP contribution in [0, 0.1) is 18.2 Å². The van der Waals surface area contributed by atoms with Crippen molar-refractivity contribution in [2.45, 2.75) is 19.8 Å². The number of rotatable bonds is 4. The highest BCUT2D eigenvalue weighted by molar-refractivity contribution is 6.18. The average Bonchev–Trinajstić information content (AvgIpc) is 3.07. The van der Waals surface area contributed by atoms with Crippen molar-refractivity contribution in [2.24, 2.45) is 5.41 Å². The predicted molar refractivity (Wildman–Crippen MR) is 65.9 cm³/mol. The molecule has 0 aliphatic heterocycles. The topological polar surface area (TPSA) is 29.1 Å². The van der Waals surface area contributed by atoms with Crippen molar-refractivity contribution in [1.82, 2.24) is 5.32 Å². The number of amides is 1. The zero-order chi connectivity index (χ0) is 12.5. The van der Waals surface area contributed by atoms with Crippen LogP contribution in [0.2, 0.25) is 0 Å². The van der Waals surface area contributed by atoms with E-state index < -0.39 is 5.82 Å². The molecule has 2 nitrogen and oxygen atoms in total. The van der Waals surface area contributed by atoms with Gasteiger partial charge in [0.1, 0.15) is 5.82 Å². The van der Waals surface area contributed by atoms with Crippen molar-refractivity contribution >= 4 is 17.5 Å². The Hall–Kier alpha value is -1.09. The minimum Gasteiger partial charge on any atom is -0.351 e. The number of carbonyl (C=O) groups excluding carboxylic acids is 1. The number of aryl methyl sites for hydroxylation is 1. The van der Waals surface area contributed by atoms with Crippen LogP contribution in [0.3, 0.4) is 0 Å². The highest BCUT2D eigenvalue weighted by atomic mass is 35.5. The van der Waals surface area contributed by atoms with E-state index in [1.165, 1.54) is 12.1 Å². The zero-order valence-corrected chi connectivity index (χ0v) is 10.5. The Morgan fingerprint density at radius 3 is 2.76 bits per heavy atom. The SMILES string of the molecule is Cc1ccc(C(=O)NCC2(CCl)CC2)c(F)c1. The predicted octanol–water partition coefficient (Wildman–Crippen LogP) is 2.88. The molecule has 0 radical (unpaired) electrons. The molecular formula is C13H15ClFNO. The lowest BCUT2D eigenvalue weighted by Gasteiger charge is -2.12. The molecule has 0 atom stereocenters. The lowest BCUT2D eigenvalue weighted by Crippen LogP contribution is -2.31. The summed E-state index contributed by atoms with van der Waals surface area (Å²) in [4.78, 5) is 11.8. The van der Waals surface area contributed by atoms with Crippen molar-refractivity contribution in [2.75, 3.05) is 12.4 Å². The summed E-state index contributed by atoms with van der Waals surface area (Å²) < 4.78 is 13.5. The molecule has 1 aliphatic carbocycles. The summed E-state index contributed by atoms with van der Waals surface area (Å²) in [5.74, 6) is -0.291. The van der Waals surface area contributed by atoms with Gasteiger partial charge < -0.3 is 5.32 Å². The van der Waals surface area contributed by atoms with Crippen LogP contribution in [0.5, 0.6) is 0 Å². The number of alkyl halides is 1. The molecule has 0 saturated heterocycles. The summed E-state index contributed by atoms with van der Waals surface area (Å²) in [5.41, 5.74) is 0.956. The third-order valence-electron chi connectivity index (χ3n) is 3.23. The van der Waals surface area contributed by atoms with E-state index in [4.69, 9.17) is 11.6 Å². The van der Waals surface area contributed by atoms with Gasteiger partial charge in [-0.25, -0.2) is 4.39 Å². The fourth-order valence-electron chi connectivity index (χ4n) is 1.70. The van der Waals surface area contributed by atoms with Crippen molar-refractivity contribution in [3.8, 4) is 0 Å². The lowest BCUT2D eigenvalue weighted by atomic mass is 10.1. The average molecular weight is 256 g/mol. The van der Waals surface area contributed by atoms with E-state index in [1.54, 1.807) is 13.0 Å². The Kier molecular flexibility index (Phi) is 3.38. The molecule has 1 fully saturated rings. The van der Waals surface area contributed by atoms with E-state index in [9.17, 15) is 9.18 Å². The van der Waals surface area contributed by atoms with Gasteiger partial charge in [0.15, 0.2) is 0 Å². The smallest absolute Gasteiger partial charge is 0.254 e. The molecular weight excluding hydrogens is 241 g/mol. The van der Waals surface area contributed by atoms with Gasteiger partial charge in [-0.3, -0.25) is 4.79 Å². The molecule has 1 aromatic rings. The molecule has 4 heteroatoms. The van der Waals surface area contributed by atoms with Crippen LogP contribution in [-0.4, -0.2) is 18.3 Å². The number of hydrogen-bond acceptors (Lipinski definition) is 1. The second-order valence-corrected chi connectivity index (χ2v) is 5.07. The highest BCUT2D eigenvalue weighted by Gasteiger charge is 2.41. The van der Waals surface area contributed by atoms with Gasteiger partial charge in [0, 0.05) is 17.8 Å². The van der Waals surface area contributed by atoms with Crippen molar-refractivity contribution < 1.29 is 9.18 Å². The molecule has 0 heterocycles. The number of halogens is 2. The molecule has 0 bridgehead atoms. The quantitative estimate of drug-likeness (QED) is 0.824. The van der Waals surface area contributed by atoms with Gasteiger partial charge in [0.25, 0.3) is 5.91 Å². The molecule has 2 rings (SSSR count). The third kappa shape index (κ3) is 2.78. The maximum Gasteiger partial charge on any atom is 0.254 e. The Morgan fingerprint density at radius 1 is 1.53 bits per heavy atom. The molecule has 1 amide bonds. The van der Waals surface area contributed by atoms with Crippen LogP contribution in [0.15, 0.2) is 18.2 Å². The molecule has 1 N–H and O–H groups in total. The highest BCUT2D eigenvalue weighted by Crippen LogP contribution is 2.45. The molecule has 17 heavy (non-hydrogen) atoms. The van der Waals surface area contributed by atoms with E-state index in [2.05, 4.69) is 5.32 Å². The maximum atomic E-state index is 13.5. The first kappa shape index (κ1) is 12.4. The van der Waals surface area contributed by atoms with Crippen LogP contribution >= 0.6 is 11.6 Å². The van der Waals surface area contributed by atoms with Crippen molar-refractivity contribution in [3.63, 3.8) is 0 Å². The van der Waals surface area contributed by atoms with Crippen molar-refractivity contribution in [1.29, 1.82) is 0 Å². The molecule has 1 aromatic carbocycles. The monoisotopic (exact) mass is 255 g/mol. The van der Waals surface area contributed by atoms with Gasteiger partial charge in [0.2, 0.25) is 0 Å². The van der Waals surface area contributed by atoms with Crippen molar-refractivity contribution in [3.05, 3.63) is 35.1 Å². The second kappa shape index (κ2) is 4.65. The first-order chi connectivity index (χ1) is 8.06. The summed E-state index contributed by atoms with van der Waals surface area (Å²) in [6.45, 7) is 2.32. The Bertz CT molecular complexity index is 443. The number of carbonyl (C=O) groups is 1. The van der Waals surface area contributed by atoms with Crippen LogP contribution in [0.4, 0.5) is 4.39 Å². The van der Waals surface area contributed by atoms with E-state index >= 15 is 0 Å². The molecule has 0 unspecified atom stereocenters. The van der Waals surface area contributed by atoms with Gasteiger partial charge in [-0.05, 0) is 37.5 Å². The summed E-state index contributed by atoms with van der Waals surface area (Å²) >= 11 is 5.81. The van der Waals surface area contributed by atoms with E-state index in [0.717, 1.165) is 18.4 Å². The minimum atomic E-state index is -0.474. The lowest BCUT2D eigenvalue weighted by molar-refractivity contribution is 0.0942. The summed E-state index contributed by atoms with van der Waals surface area (Å²) in [7, 11) is 0. The number of nitrogens with one attached hydrogen (secondary N) is 1. The normalized spacial score (nSPS) is 16.6. The Balaban J connectivity index is 2.00. The molecule has 1 aliphatic rings. The molecule has 0 aromatic heterocycles. The van der Waals surface area contributed by atoms with E-state index in [1.807, 2.05) is 0 Å². The van der Waals surface area contributed by atoms with E-state index in [0.29, 0.717) is 12.4 Å². The molecule has 92 valence electrons. The van der Waals surface area contributed by atoms with Crippen LogP contribution in [0.25, 0.3) is 0 Å². The fraction of sp³-hybridized carbons (Fsp3) is 0.462. The Labute approximate surface area is 105 Å². The van der Waals surface area contributed by atoms with Gasteiger partial charge in [-0.15, -0.1) is 11.6 Å². The van der Waals surface area contributed by atoms with Gasteiger partial charge in [0.05, 0.1) is 5.56 Å². The zero-order valence-electron chi connectivity index (χ0n) is 9.72. The standard InChI is InChI=1S/C13H15ClFNO/c1-9-2-3-10(11(15)6-9)12(17)16-8-13(7-14)4-5-13/h2-3,6H,4-5,7-8H2,1H3,(H,16,17).